The summed E-state index contributed by atoms with van der Waals surface area (Å²) in [5.41, 5.74) is 3.29. The summed E-state index contributed by atoms with van der Waals surface area (Å²) >= 11 is 3.51. The molecule has 0 aliphatic heterocycles. The lowest BCUT2D eigenvalue weighted by molar-refractivity contribution is 0.415. The number of aryl methyl sites for hydroxylation is 1. The number of imidazole rings is 1. The van der Waals surface area contributed by atoms with Crippen molar-refractivity contribution in [2.75, 3.05) is 7.11 Å². The Morgan fingerprint density at radius 1 is 1.21 bits per heavy atom. The van der Waals surface area contributed by atoms with E-state index in [1.165, 1.54) is 5.56 Å². The Morgan fingerprint density at radius 3 is 2.84 bits per heavy atom. The lowest BCUT2D eigenvalue weighted by Gasteiger charge is -2.04. The van der Waals surface area contributed by atoms with Crippen molar-refractivity contribution in [2.45, 2.75) is 6.92 Å². The van der Waals surface area contributed by atoms with Crippen molar-refractivity contribution >= 4 is 21.4 Å². The molecule has 0 bridgehead atoms. The normalized spacial score (nSPS) is 10.9. The Morgan fingerprint density at radius 2 is 2.05 bits per heavy atom. The minimum atomic E-state index is 0.832. The molecular weight excluding hydrogens is 304 g/mol. The smallest absolute Gasteiger partial charge is 0.146 e. The highest BCUT2D eigenvalue weighted by Crippen LogP contribution is 2.28. The van der Waals surface area contributed by atoms with Crippen molar-refractivity contribution < 1.29 is 4.74 Å². The third kappa shape index (κ3) is 2.12. The predicted molar refractivity (Wildman–Crippen MR) is 79.6 cm³/mol. The van der Waals surface area contributed by atoms with Crippen LogP contribution in [0.15, 0.2) is 47.2 Å². The maximum Gasteiger partial charge on any atom is 0.146 e. The summed E-state index contributed by atoms with van der Waals surface area (Å²) in [5.74, 6) is 1.74. The van der Waals surface area contributed by atoms with Gasteiger partial charge in [-0.2, -0.15) is 0 Å². The highest BCUT2D eigenvalue weighted by atomic mass is 79.9. The molecule has 19 heavy (non-hydrogen) atoms. The van der Waals surface area contributed by atoms with Crippen LogP contribution in [0.25, 0.3) is 16.9 Å². The molecular formula is C15H13BrN2O. The zero-order valence-corrected chi connectivity index (χ0v) is 12.3. The molecule has 0 unspecified atom stereocenters. The van der Waals surface area contributed by atoms with Gasteiger partial charge in [-0.3, -0.25) is 4.40 Å². The molecule has 0 atom stereocenters. The van der Waals surface area contributed by atoms with Crippen LogP contribution in [0.3, 0.4) is 0 Å². The van der Waals surface area contributed by atoms with Gasteiger partial charge in [0.05, 0.1) is 12.6 Å². The minimum absolute atomic E-state index is 0.832. The Kier molecular flexibility index (Phi) is 3.03. The molecule has 3 aromatic rings. The van der Waals surface area contributed by atoms with Gasteiger partial charge < -0.3 is 4.74 Å². The maximum atomic E-state index is 5.27. The van der Waals surface area contributed by atoms with E-state index in [2.05, 4.69) is 50.6 Å². The monoisotopic (exact) mass is 316 g/mol. The average Bonchev–Trinajstić information content (AvgIpc) is 2.75. The van der Waals surface area contributed by atoms with Crippen LogP contribution in [0.1, 0.15) is 5.56 Å². The fraction of sp³-hybridized carbons (Fsp3) is 0.133. The number of methoxy groups -OCH3 is 1. The van der Waals surface area contributed by atoms with Gasteiger partial charge in [0.2, 0.25) is 0 Å². The summed E-state index contributed by atoms with van der Waals surface area (Å²) in [6.45, 7) is 2.07. The van der Waals surface area contributed by atoms with Crippen molar-refractivity contribution in [2.24, 2.45) is 0 Å². The summed E-state index contributed by atoms with van der Waals surface area (Å²) < 4.78 is 8.21. The van der Waals surface area contributed by atoms with E-state index in [4.69, 9.17) is 4.74 Å². The van der Waals surface area contributed by atoms with E-state index in [0.717, 1.165) is 27.3 Å². The molecule has 3 nitrogen and oxygen atoms in total. The molecule has 0 saturated carbocycles. The second-order valence-corrected chi connectivity index (χ2v) is 5.17. The van der Waals surface area contributed by atoms with Gasteiger partial charge in [-0.25, -0.2) is 4.98 Å². The lowest BCUT2D eigenvalue weighted by atomic mass is 10.2. The third-order valence-corrected chi connectivity index (χ3v) is 3.65. The number of fused-ring (bicyclic) bond motifs is 1. The first-order valence-electron chi connectivity index (χ1n) is 5.97. The van der Waals surface area contributed by atoms with Gasteiger partial charge in [0.15, 0.2) is 0 Å². The Balaban J connectivity index is 2.26. The number of halogens is 1. The van der Waals surface area contributed by atoms with Crippen LogP contribution in [0.4, 0.5) is 0 Å². The molecule has 0 aliphatic rings. The summed E-state index contributed by atoms with van der Waals surface area (Å²) in [6.07, 6.45) is 2.09. The second-order valence-electron chi connectivity index (χ2n) is 4.42. The second kappa shape index (κ2) is 4.70. The molecule has 1 aromatic carbocycles. The zero-order valence-electron chi connectivity index (χ0n) is 10.7. The molecule has 0 fully saturated rings. The molecule has 2 heterocycles. The standard InChI is InChI=1S/C15H13BrN2O/c1-10-6-7-13-14(16)17-15(18(13)9-10)11-4-3-5-12(8-11)19-2/h3-9H,1-2H3. The first-order valence-corrected chi connectivity index (χ1v) is 6.77. The molecule has 0 spiro atoms. The van der Waals surface area contributed by atoms with Gasteiger partial charge in [0, 0.05) is 11.8 Å². The molecule has 0 N–H and O–H groups in total. The highest BCUT2D eigenvalue weighted by molar-refractivity contribution is 9.10. The fourth-order valence-corrected chi connectivity index (χ4v) is 2.61. The quantitative estimate of drug-likeness (QED) is 0.712. The van der Waals surface area contributed by atoms with Crippen molar-refractivity contribution in [3.8, 4) is 17.1 Å². The van der Waals surface area contributed by atoms with E-state index in [-0.39, 0.29) is 0 Å². The van der Waals surface area contributed by atoms with E-state index in [1.54, 1.807) is 7.11 Å². The largest absolute Gasteiger partial charge is 0.497 e. The third-order valence-electron chi connectivity index (χ3n) is 3.07. The van der Waals surface area contributed by atoms with Crippen molar-refractivity contribution in [3.05, 3.63) is 52.8 Å². The minimum Gasteiger partial charge on any atom is -0.497 e. The number of aromatic nitrogens is 2. The lowest BCUT2D eigenvalue weighted by Crippen LogP contribution is -1.91. The van der Waals surface area contributed by atoms with Gasteiger partial charge in [-0.05, 0) is 46.6 Å². The van der Waals surface area contributed by atoms with Gasteiger partial charge in [0.1, 0.15) is 16.2 Å². The number of hydrogen-bond donors (Lipinski definition) is 0. The van der Waals surface area contributed by atoms with Crippen LogP contribution in [0.2, 0.25) is 0 Å². The first kappa shape index (κ1) is 12.2. The van der Waals surface area contributed by atoms with E-state index in [9.17, 15) is 0 Å². The number of ether oxygens (including phenoxy) is 1. The van der Waals surface area contributed by atoms with Gasteiger partial charge in [-0.15, -0.1) is 0 Å². The Hall–Kier alpha value is -1.81. The summed E-state index contributed by atoms with van der Waals surface area (Å²) in [6, 6.07) is 12.1. The molecule has 0 amide bonds. The van der Waals surface area contributed by atoms with Crippen molar-refractivity contribution in [1.82, 2.24) is 9.38 Å². The average molecular weight is 317 g/mol. The number of hydrogen-bond acceptors (Lipinski definition) is 2. The fourth-order valence-electron chi connectivity index (χ4n) is 2.12. The van der Waals surface area contributed by atoms with Crippen LogP contribution in [0.5, 0.6) is 5.75 Å². The molecule has 4 heteroatoms. The summed E-state index contributed by atoms with van der Waals surface area (Å²) in [4.78, 5) is 4.60. The molecule has 0 aliphatic carbocycles. The topological polar surface area (TPSA) is 26.5 Å². The number of benzene rings is 1. The van der Waals surface area contributed by atoms with Crippen LogP contribution < -0.4 is 4.74 Å². The van der Waals surface area contributed by atoms with Crippen LogP contribution in [-0.2, 0) is 0 Å². The Labute approximate surface area is 120 Å². The number of nitrogens with zero attached hydrogens (tertiary/aromatic N) is 2. The van der Waals surface area contributed by atoms with E-state index in [0.29, 0.717) is 0 Å². The molecule has 0 saturated heterocycles. The van der Waals surface area contributed by atoms with Crippen LogP contribution in [0, 0.1) is 6.92 Å². The Bertz CT molecular complexity index is 749. The number of rotatable bonds is 2. The van der Waals surface area contributed by atoms with Crippen LogP contribution >= 0.6 is 15.9 Å². The van der Waals surface area contributed by atoms with E-state index >= 15 is 0 Å². The highest BCUT2D eigenvalue weighted by Gasteiger charge is 2.11. The van der Waals surface area contributed by atoms with E-state index < -0.39 is 0 Å². The molecule has 96 valence electrons. The van der Waals surface area contributed by atoms with Crippen molar-refractivity contribution in [1.29, 1.82) is 0 Å². The molecule has 2 aromatic heterocycles. The van der Waals surface area contributed by atoms with Gasteiger partial charge in [-0.1, -0.05) is 18.2 Å². The summed E-state index contributed by atoms with van der Waals surface area (Å²) in [5, 5.41) is 0. The van der Waals surface area contributed by atoms with Gasteiger partial charge in [0.25, 0.3) is 0 Å². The first-order chi connectivity index (χ1) is 9.19. The van der Waals surface area contributed by atoms with Gasteiger partial charge >= 0.3 is 0 Å². The van der Waals surface area contributed by atoms with E-state index in [1.807, 2.05) is 24.3 Å². The molecule has 3 rings (SSSR count). The van der Waals surface area contributed by atoms with Crippen molar-refractivity contribution in [3.63, 3.8) is 0 Å². The molecule has 0 radical (unpaired) electrons. The zero-order chi connectivity index (χ0) is 13.4. The maximum absolute atomic E-state index is 5.27. The van der Waals surface area contributed by atoms with Crippen LogP contribution in [-0.4, -0.2) is 16.5 Å². The SMILES string of the molecule is COc1cccc(-c2nc(Br)c3ccc(C)cn23)c1. The predicted octanol–water partition coefficient (Wildman–Crippen LogP) is 4.08. The number of pyridine rings is 1. The summed E-state index contributed by atoms with van der Waals surface area (Å²) in [7, 11) is 1.67.